The lowest BCUT2D eigenvalue weighted by molar-refractivity contribution is -0.139. The highest BCUT2D eigenvalue weighted by molar-refractivity contribution is 5.97. The summed E-state index contributed by atoms with van der Waals surface area (Å²) in [7, 11) is 0. The van der Waals surface area contributed by atoms with Gasteiger partial charge in [-0.25, -0.2) is 14.4 Å². The summed E-state index contributed by atoms with van der Waals surface area (Å²) in [6.07, 6.45) is 2.02. The summed E-state index contributed by atoms with van der Waals surface area (Å²) in [4.78, 5) is 36.6. The number of carbonyl (C=O) groups is 3. The van der Waals surface area contributed by atoms with Crippen LogP contribution in [0.1, 0.15) is 44.0 Å². The van der Waals surface area contributed by atoms with Gasteiger partial charge in [0.05, 0.1) is 29.5 Å². The standard InChI is InChI=1S/C20H27N3O5/c1-4-6-11-21-15-10-8-7-9-14(15)18(24)28-12-16-17(19(25)27-5-2)13(3)22-20(26)23-16/h7-10,13,21H,4-6,11-12H2,1-3H3,(H2,22,23,26). The van der Waals surface area contributed by atoms with E-state index >= 15 is 0 Å². The van der Waals surface area contributed by atoms with Crippen molar-refractivity contribution in [2.75, 3.05) is 25.1 Å². The number of hydrogen-bond acceptors (Lipinski definition) is 6. The quantitative estimate of drug-likeness (QED) is 0.443. The third-order valence-electron chi connectivity index (χ3n) is 4.21. The molecule has 0 saturated carbocycles. The molecule has 8 heteroatoms. The van der Waals surface area contributed by atoms with Gasteiger partial charge in [-0.15, -0.1) is 0 Å². The van der Waals surface area contributed by atoms with Crippen LogP contribution in [0.5, 0.6) is 0 Å². The second-order valence-electron chi connectivity index (χ2n) is 6.33. The maximum absolute atomic E-state index is 12.6. The number of rotatable bonds is 9. The Labute approximate surface area is 164 Å². The van der Waals surface area contributed by atoms with Crippen molar-refractivity contribution in [3.63, 3.8) is 0 Å². The van der Waals surface area contributed by atoms with Crippen molar-refractivity contribution in [2.24, 2.45) is 0 Å². The molecule has 8 nitrogen and oxygen atoms in total. The number of nitrogens with one attached hydrogen (secondary N) is 3. The van der Waals surface area contributed by atoms with Crippen molar-refractivity contribution in [1.29, 1.82) is 0 Å². The van der Waals surface area contributed by atoms with Gasteiger partial charge in [-0.3, -0.25) is 0 Å². The summed E-state index contributed by atoms with van der Waals surface area (Å²) in [5.74, 6) is -1.11. The zero-order valence-corrected chi connectivity index (χ0v) is 16.5. The average Bonchev–Trinajstić information content (AvgIpc) is 2.66. The predicted octanol–water partition coefficient (Wildman–Crippen LogP) is 2.57. The van der Waals surface area contributed by atoms with Crippen LogP contribution >= 0.6 is 0 Å². The number of carbonyl (C=O) groups excluding carboxylic acids is 3. The number of unbranched alkanes of at least 4 members (excludes halogenated alkanes) is 1. The number of ether oxygens (including phenoxy) is 2. The molecule has 3 N–H and O–H groups in total. The van der Waals surface area contributed by atoms with E-state index in [9.17, 15) is 14.4 Å². The molecule has 0 aliphatic carbocycles. The van der Waals surface area contributed by atoms with E-state index in [1.807, 2.05) is 12.1 Å². The molecule has 1 unspecified atom stereocenters. The summed E-state index contributed by atoms with van der Waals surface area (Å²) in [5.41, 5.74) is 1.54. The van der Waals surface area contributed by atoms with Crippen LogP contribution in [-0.4, -0.2) is 43.8 Å². The van der Waals surface area contributed by atoms with Crippen LogP contribution in [0.4, 0.5) is 10.5 Å². The van der Waals surface area contributed by atoms with Crippen molar-refractivity contribution in [1.82, 2.24) is 10.6 Å². The predicted molar refractivity (Wildman–Crippen MR) is 105 cm³/mol. The smallest absolute Gasteiger partial charge is 0.340 e. The first kappa shape index (κ1) is 21.3. The van der Waals surface area contributed by atoms with Crippen molar-refractivity contribution in [2.45, 2.75) is 39.7 Å². The van der Waals surface area contributed by atoms with Gasteiger partial charge in [-0.05, 0) is 32.4 Å². The van der Waals surface area contributed by atoms with Crippen LogP contribution in [0.2, 0.25) is 0 Å². The molecule has 1 aromatic rings. The van der Waals surface area contributed by atoms with Gasteiger partial charge in [0.15, 0.2) is 0 Å². The number of para-hydroxylation sites is 1. The Morgan fingerprint density at radius 2 is 1.89 bits per heavy atom. The van der Waals surface area contributed by atoms with Crippen molar-refractivity contribution < 1.29 is 23.9 Å². The third-order valence-corrected chi connectivity index (χ3v) is 4.21. The van der Waals surface area contributed by atoms with Crippen LogP contribution in [0.3, 0.4) is 0 Å². The molecule has 0 bridgehead atoms. The molecule has 0 aromatic heterocycles. The van der Waals surface area contributed by atoms with Crippen LogP contribution in [0.15, 0.2) is 35.5 Å². The van der Waals surface area contributed by atoms with Gasteiger partial charge in [0, 0.05) is 12.2 Å². The summed E-state index contributed by atoms with van der Waals surface area (Å²) in [6, 6.07) is 6.04. The Balaban J connectivity index is 2.14. The first-order valence-electron chi connectivity index (χ1n) is 9.45. The Morgan fingerprint density at radius 1 is 1.14 bits per heavy atom. The third kappa shape index (κ3) is 5.48. The first-order valence-corrected chi connectivity index (χ1v) is 9.45. The molecule has 28 heavy (non-hydrogen) atoms. The van der Waals surface area contributed by atoms with Crippen molar-refractivity contribution in [3.05, 3.63) is 41.1 Å². The Morgan fingerprint density at radius 3 is 2.61 bits per heavy atom. The number of urea groups is 1. The summed E-state index contributed by atoms with van der Waals surface area (Å²) in [5, 5.41) is 8.36. The molecule has 1 heterocycles. The maximum Gasteiger partial charge on any atom is 0.340 e. The summed E-state index contributed by atoms with van der Waals surface area (Å²) < 4.78 is 10.4. The molecule has 2 amide bonds. The fourth-order valence-corrected chi connectivity index (χ4v) is 2.82. The molecule has 152 valence electrons. The zero-order chi connectivity index (χ0) is 20.5. The largest absolute Gasteiger partial charge is 0.463 e. The number of anilines is 1. The van der Waals surface area contributed by atoms with E-state index in [-0.39, 0.29) is 24.5 Å². The fraction of sp³-hybridized carbons (Fsp3) is 0.450. The summed E-state index contributed by atoms with van der Waals surface area (Å²) in [6.45, 7) is 6.16. The van der Waals surface area contributed by atoms with Crippen LogP contribution in [0.25, 0.3) is 0 Å². The van der Waals surface area contributed by atoms with E-state index in [1.54, 1.807) is 26.0 Å². The van der Waals surface area contributed by atoms with E-state index in [1.165, 1.54) is 0 Å². The lowest BCUT2D eigenvalue weighted by Crippen LogP contribution is -2.50. The Bertz CT molecular complexity index is 760. The Hall–Kier alpha value is -3.03. The molecule has 0 saturated heterocycles. The molecule has 1 atom stereocenters. The molecule has 1 aliphatic heterocycles. The zero-order valence-electron chi connectivity index (χ0n) is 16.5. The van der Waals surface area contributed by atoms with Crippen molar-refractivity contribution in [3.8, 4) is 0 Å². The minimum absolute atomic E-state index is 0.201. The molecule has 1 aromatic carbocycles. The molecular weight excluding hydrogens is 362 g/mol. The SMILES string of the molecule is CCCCNc1ccccc1C(=O)OCC1=C(C(=O)OCC)C(C)NC(=O)N1. The molecule has 2 rings (SSSR count). The van der Waals surface area contributed by atoms with Crippen LogP contribution < -0.4 is 16.0 Å². The highest BCUT2D eigenvalue weighted by Crippen LogP contribution is 2.19. The minimum Gasteiger partial charge on any atom is -0.463 e. The highest BCUT2D eigenvalue weighted by atomic mass is 16.5. The van der Waals surface area contributed by atoms with Crippen LogP contribution in [-0.2, 0) is 14.3 Å². The monoisotopic (exact) mass is 389 g/mol. The lowest BCUT2D eigenvalue weighted by atomic mass is 10.0. The number of amides is 2. The second-order valence-corrected chi connectivity index (χ2v) is 6.33. The Kier molecular flexibility index (Phi) is 7.86. The maximum atomic E-state index is 12.6. The number of hydrogen-bond donors (Lipinski definition) is 3. The van der Waals surface area contributed by atoms with E-state index in [2.05, 4.69) is 22.9 Å². The van der Waals surface area contributed by atoms with Gasteiger partial charge in [0.25, 0.3) is 0 Å². The lowest BCUT2D eigenvalue weighted by Gasteiger charge is -2.26. The van der Waals surface area contributed by atoms with Gasteiger partial charge >= 0.3 is 18.0 Å². The molecular formula is C20H27N3O5. The van der Waals surface area contributed by atoms with Gasteiger partial charge in [-0.2, -0.15) is 0 Å². The van der Waals surface area contributed by atoms with Gasteiger partial charge in [-0.1, -0.05) is 25.5 Å². The molecule has 0 radical (unpaired) electrons. The van der Waals surface area contributed by atoms with E-state index < -0.39 is 24.0 Å². The van der Waals surface area contributed by atoms with Gasteiger partial charge < -0.3 is 25.4 Å². The molecule has 1 aliphatic rings. The second kappa shape index (κ2) is 10.3. The van der Waals surface area contributed by atoms with Crippen molar-refractivity contribution >= 4 is 23.7 Å². The summed E-state index contributed by atoms with van der Waals surface area (Å²) >= 11 is 0. The highest BCUT2D eigenvalue weighted by Gasteiger charge is 2.30. The normalized spacial score (nSPS) is 16.1. The number of esters is 2. The average molecular weight is 389 g/mol. The number of benzene rings is 1. The van der Waals surface area contributed by atoms with E-state index in [0.717, 1.165) is 19.4 Å². The molecule has 0 spiro atoms. The van der Waals surface area contributed by atoms with E-state index in [4.69, 9.17) is 9.47 Å². The minimum atomic E-state index is -0.560. The van der Waals surface area contributed by atoms with Crippen LogP contribution in [0, 0.1) is 0 Å². The van der Waals surface area contributed by atoms with Gasteiger partial charge in [0.2, 0.25) is 0 Å². The fourth-order valence-electron chi connectivity index (χ4n) is 2.82. The van der Waals surface area contributed by atoms with Gasteiger partial charge in [0.1, 0.15) is 6.61 Å². The molecule has 0 fully saturated rings. The first-order chi connectivity index (χ1) is 13.5. The topological polar surface area (TPSA) is 106 Å². The van der Waals surface area contributed by atoms with E-state index in [0.29, 0.717) is 11.3 Å².